The van der Waals surface area contributed by atoms with Gasteiger partial charge in [0.05, 0.1) is 17.4 Å². The Balaban J connectivity index is 1.25. The smallest absolute Gasteiger partial charge is 0.264 e. The summed E-state index contributed by atoms with van der Waals surface area (Å²) in [6.07, 6.45) is 0.534. The van der Waals surface area contributed by atoms with Gasteiger partial charge in [0.1, 0.15) is 6.54 Å². The second kappa shape index (κ2) is 9.77. The maximum Gasteiger partial charge on any atom is 0.264 e. The first-order valence-corrected chi connectivity index (χ1v) is 13.1. The largest absolute Gasteiger partial charge is 0.271 e. The number of carbonyl (C=O) groups excluding carboxylic acids is 3. The topological polar surface area (TPSA) is 98.0 Å². The van der Waals surface area contributed by atoms with Gasteiger partial charge in [-0.15, -0.1) is 0 Å². The average molecular weight is 592 g/mol. The lowest BCUT2D eigenvalue weighted by Gasteiger charge is -2.25. The lowest BCUT2D eigenvalue weighted by Crippen LogP contribution is -2.44. The standard InChI is InChI=1S/C27H20BrClN6O3/c28-18-8-6-16(7-9-18)21-14-22(17-4-2-1-3-5-17)35(31-21)23(36)15-33-25-24(30-32-33)26(37)34(27(25)38)20-12-10-19(29)11-13-20/h1-13,22,24-25H,14-15H2/t22-,24+,25+/m1/s1. The fraction of sp³-hybridized carbons (Fsp3) is 0.185. The van der Waals surface area contributed by atoms with E-state index in [0.29, 0.717) is 17.1 Å². The zero-order valence-corrected chi connectivity index (χ0v) is 22.2. The highest BCUT2D eigenvalue weighted by atomic mass is 79.9. The van der Waals surface area contributed by atoms with Crippen molar-refractivity contribution in [3.63, 3.8) is 0 Å². The van der Waals surface area contributed by atoms with E-state index in [0.717, 1.165) is 26.2 Å². The number of fused-ring (bicyclic) bond motifs is 1. The first kappa shape index (κ1) is 24.4. The molecule has 3 aromatic carbocycles. The van der Waals surface area contributed by atoms with Crippen molar-refractivity contribution < 1.29 is 14.4 Å². The van der Waals surface area contributed by atoms with Crippen LogP contribution in [0.5, 0.6) is 0 Å². The molecule has 1 saturated heterocycles. The van der Waals surface area contributed by atoms with E-state index in [2.05, 4.69) is 31.4 Å². The van der Waals surface area contributed by atoms with Crippen LogP contribution in [0.1, 0.15) is 23.6 Å². The molecule has 9 nitrogen and oxygen atoms in total. The maximum atomic E-state index is 13.6. The molecule has 0 aliphatic carbocycles. The van der Waals surface area contributed by atoms with Crippen LogP contribution in [-0.4, -0.2) is 52.1 Å². The minimum absolute atomic E-state index is 0.251. The van der Waals surface area contributed by atoms with E-state index in [9.17, 15) is 14.4 Å². The van der Waals surface area contributed by atoms with E-state index in [1.54, 1.807) is 24.3 Å². The molecule has 3 amide bonds. The number of hydrogen-bond donors (Lipinski definition) is 0. The molecule has 0 radical (unpaired) electrons. The highest BCUT2D eigenvalue weighted by molar-refractivity contribution is 9.10. The Hall–Kier alpha value is -3.89. The molecule has 0 saturated carbocycles. The van der Waals surface area contributed by atoms with E-state index in [4.69, 9.17) is 11.6 Å². The van der Waals surface area contributed by atoms with Gasteiger partial charge in [-0.25, -0.2) is 9.91 Å². The van der Waals surface area contributed by atoms with Crippen molar-refractivity contribution in [2.75, 3.05) is 11.4 Å². The molecular weight excluding hydrogens is 572 g/mol. The fourth-order valence-electron chi connectivity index (χ4n) is 4.90. The molecule has 0 unspecified atom stereocenters. The number of hydrazone groups is 1. The van der Waals surface area contributed by atoms with Crippen LogP contribution in [0.15, 0.2) is 98.8 Å². The minimum Gasteiger partial charge on any atom is -0.271 e. The van der Waals surface area contributed by atoms with Gasteiger partial charge in [0, 0.05) is 15.9 Å². The predicted molar refractivity (Wildman–Crippen MR) is 144 cm³/mol. The van der Waals surface area contributed by atoms with Crippen LogP contribution in [0.2, 0.25) is 5.02 Å². The van der Waals surface area contributed by atoms with Crippen LogP contribution < -0.4 is 4.90 Å². The highest BCUT2D eigenvalue weighted by Gasteiger charge is 2.55. The Morgan fingerprint density at radius 1 is 0.947 bits per heavy atom. The minimum atomic E-state index is -1.00. The van der Waals surface area contributed by atoms with Crippen LogP contribution in [0.4, 0.5) is 5.69 Å². The van der Waals surface area contributed by atoms with Gasteiger partial charge in [0.2, 0.25) is 0 Å². The van der Waals surface area contributed by atoms with Crippen molar-refractivity contribution in [3.05, 3.63) is 99.5 Å². The molecule has 0 bridgehead atoms. The molecule has 190 valence electrons. The summed E-state index contributed by atoms with van der Waals surface area (Å²) in [5.41, 5.74) is 3.04. The van der Waals surface area contributed by atoms with Crippen molar-refractivity contribution in [3.8, 4) is 0 Å². The molecule has 0 N–H and O–H groups in total. The summed E-state index contributed by atoms with van der Waals surface area (Å²) < 4.78 is 0.949. The van der Waals surface area contributed by atoms with Crippen molar-refractivity contribution in [1.29, 1.82) is 0 Å². The zero-order chi connectivity index (χ0) is 26.4. The van der Waals surface area contributed by atoms with E-state index in [-0.39, 0.29) is 18.5 Å². The summed E-state index contributed by atoms with van der Waals surface area (Å²) in [6, 6.07) is 21.5. The first-order chi connectivity index (χ1) is 18.4. The van der Waals surface area contributed by atoms with Crippen molar-refractivity contribution in [2.45, 2.75) is 24.5 Å². The van der Waals surface area contributed by atoms with Gasteiger partial charge in [-0.05, 0) is 47.5 Å². The number of nitrogens with zero attached hydrogens (tertiary/aromatic N) is 6. The fourth-order valence-corrected chi connectivity index (χ4v) is 5.29. The lowest BCUT2D eigenvalue weighted by atomic mass is 9.98. The number of hydrogen-bond acceptors (Lipinski definition) is 7. The number of rotatable bonds is 5. The molecule has 3 aromatic rings. The SMILES string of the molecule is O=C1[C@H]2N=NN(CC(=O)N3N=C(c4ccc(Br)cc4)C[C@@H]3c3ccccc3)[C@@H]2C(=O)N1c1ccc(Cl)cc1. The number of halogens is 2. The van der Waals surface area contributed by atoms with Crippen molar-refractivity contribution >= 4 is 56.7 Å². The maximum absolute atomic E-state index is 13.6. The summed E-state index contributed by atoms with van der Waals surface area (Å²) in [5, 5.41) is 16.0. The van der Waals surface area contributed by atoms with Crippen LogP contribution in [-0.2, 0) is 14.4 Å². The third-order valence-corrected chi connectivity index (χ3v) is 7.55. The number of carbonyl (C=O) groups is 3. The van der Waals surface area contributed by atoms with Gasteiger partial charge in [0.15, 0.2) is 12.1 Å². The van der Waals surface area contributed by atoms with Crippen LogP contribution in [0, 0.1) is 0 Å². The average Bonchev–Trinajstić information content (AvgIpc) is 3.61. The second-order valence-corrected chi connectivity index (χ2v) is 10.5. The molecule has 3 atom stereocenters. The molecule has 3 aliphatic heterocycles. The third-order valence-electron chi connectivity index (χ3n) is 6.77. The second-order valence-electron chi connectivity index (χ2n) is 9.10. The van der Waals surface area contributed by atoms with Crippen molar-refractivity contribution in [1.82, 2.24) is 10.0 Å². The summed E-state index contributed by atoms with van der Waals surface area (Å²) in [5.74, 6) is -1.32. The molecular formula is C27H20BrClN6O3. The van der Waals surface area contributed by atoms with Gasteiger partial charge in [-0.1, -0.05) is 75.2 Å². The summed E-state index contributed by atoms with van der Waals surface area (Å²) >= 11 is 9.41. The van der Waals surface area contributed by atoms with Crippen LogP contribution in [0.25, 0.3) is 0 Å². The number of benzene rings is 3. The third kappa shape index (κ3) is 4.29. The van der Waals surface area contributed by atoms with Gasteiger partial charge in [-0.3, -0.25) is 19.4 Å². The van der Waals surface area contributed by atoms with E-state index < -0.39 is 23.9 Å². The van der Waals surface area contributed by atoms with Gasteiger partial charge in [0.25, 0.3) is 17.7 Å². The van der Waals surface area contributed by atoms with Gasteiger partial charge in [-0.2, -0.15) is 10.2 Å². The normalized spacial score (nSPS) is 22.3. The number of imide groups is 1. The number of anilines is 1. The zero-order valence-electron chi connectivity index (χ0n) is 19.8. The predicted octanol–water partition coefficient (Wildman–Crippen LogP) is 4.77. The Morgan fingerprint density at radius 2 is 1.66 bits per heavy atom. The van der Waals surface area contributed by atoms with E-state index >= 15 is 0 Å². The number of amides is 3. The quantitative estimate of drug-likeness (QED) is 0.399. The summed E-state index contributed by atoms with van der Waals surface area (Å²) in [7, 11) is 0. The van der Waals surface area contributed by atoms with Crippen LogP contribution in [0.3, 0.4) is 0 Å². The summed E-state index contributed by atoms with van der Waals surface area (Å²) in [4.78, 5) is 41.0. The Bertz CT molecular complexity index is 1480. The molecule has 38 heavy (non-hydrogen) atoms. The van der Waals surface area contributed by atoms with Crippen LogP contribution >= 0.6 is 27.5 Å². The van der Waals surface area contributed by atoms with Gasteiger partial charge < -0.3 is 0 Å². The lowest BCUT2D eigenvalue weighted by molar-refractivity contribution is -0.135. The highest BCUT2D eigenvalue weighted by Crippen LogP contribution is 2.35. The molecule has 6 rings (SSSR count). The molecule has 0 aromatic heterocycles. The van der Waals surface area contributed by atoms with E-state index in [1.807, 2.05) is 54.6 Å². The Kier molecular flexibility index (Phi) is 6.29. The van der Waals surface area contributed by atoms with E-state index in [1.165, 1.54) is 10.0 Å². The summed E-state index contributed by atoms with van der Waals surface area (Å²) in [6.45, 7) is -0.251. The molecule has 3 heterocycles. The molecule has 0 spiro atoms. The molecule has 11 heteroatoms. The van der Waals surface area contributed by atoms with Gasteiger partial charge >= 0.3 is 0 Å². The Morgan fingerprint density at radius 3 is 2.37 bits per heavy atom. The first-order valence-electron chi connectivity index (χ1n) is 11.9. The molecule has 1 fully saturated rings. The Labute approximate surface area is 231 Å². The monoisotopic (exact) mass is 590 g/mol. The molecule has 3 aliphatic rings. The van der Waals surface area contributed by atoms with Crippen molar-refractivity contribution in [2.24, 2.45) is 15.4 Å².